The maximum Gasteiger partial charge on any atom is 0.242 e. The first-order valence-electron chi connectivity index (χ1n) is 9.28. The van der Waals surface area contributed by atoms with Gasteiger partial charge in [-0.25, -0.2) is 4.98 Å². The molecule has 1 heterocycles. The number of unbranched alkanes of at least 4 members (excludes halogenated alkanes) is 1. The highest BCUT2D eigenvalue weighted by Crippen LogP contribution is 2.01. The summed E-state index contributed by atoms with van der Waals surface area (Å²) < 4.78 is 2.16. The molecule has 0 unspecified atom stereocenters. The van der Waals surface area contributed by atoms with Crippen molar-refractivity contribution in [3.8, 4) is 0 Å². The van der Waals surface area contributed by atoms with Crippen LogP contribution in [0.3, 0.4) is 0 Å². The smallest absolute Gasteiger partial charge is 0.242 e. The SMILES string of the molecule is CCNC(=NCCCCn1ccnc1C)N(C)CC(=O)N(CC)CC. The molecule has 0 radical (unpaired) electrons. The van der Waals surface area contributed by atoms with Crippen molar-refractivity contribution in [2.75, 3.05) is 39.8 Å². The summed E-state index contributed by atoms with van der Waals surface area (Å²) in [5, 5.41) is 3.27. The maximum atomic E-state index is 12.3. The van der Waals surface area contributed by atoms with Crippen molar-refractivity contribution in [1.82, 2.24) is 24.7 Å². The van der Waals surface area contributed by atoms with Gasteiger partial charge in [0.05, 0.1) is 6.54 Å². The van der Waals surface area contributed by atoms with Crippen LogP contribution < -0.4 is 5.32 Å². The van der Waals surface area contributed by atoms with Gasteiger partial charge < -0.3 is 19.7 Å². The van der Waals surface area contributed by atoms with Crippen LogP contribution in [0, 0.1) is 6.92 Å². The van der Waals surface area contributed by atoms with Gasteiger partial charge >= 0.3 is 0 Å². The van der Waals surface area contributed by atoms with Gasteiger partial charge in [-0.3, -0.25) is 9.79 Å². The number of imidazole rings is 1. The lowest BCUT2D eigenvalue weighted by Crippen LogP contribution is -2.45. The van der Waals surface area contributed by atoms with Gasteiger partial charge in [-0.05, 0) is 40.5 Å². The van der Waals surface area contributed by atoms with Gasteiger partial charge in [-0.2, -0.15) is 0 Å². The van der Waals surface area contributed by atoms with E-state index in [1.54, 1.807) is 0 Å². The predicted molar refractivity (Wildman–Crippen MR) is 103 cm³/mol. The standard InChI is InChI=1S/C18H34N6O/c1-6-19-18(22(5)15-17(25)23(7-2)8-3)21-11-9-10-13-24-14-12-20-16(24)4/h12,14H,6-11,13,15H2,1-5H3,(H,19,21). The number of guanidine groups is 1. The second kappa shape index (κ2) is 11.5. The maximum absolute atomic E-state index is 12.3. The lowest BCUT2D eigenvalue weighted by molar-refractivity contribution is -0.131. The number of amides is 1. The van der Waals surface area contributed by atoms with Crippen LogP contribution in [0.5, 0.6) is 0 Å². The first-order valence-corrected chi connectivity index (χ1v) is 9.28. The number of carbonyl (C=O) groups excluding carboxylic acids is 1. The Labute approximate surface area is 152 Å². The van der Waals surface area contributed by atoms with Gasteiger partial charge in [0.25, 0.3) is 0 Å². The molecule has 7 nitrogen and oxygen atoms in total. The van der Waals surface area contributed by atoms with E-state index < -0.39 is 0 Å². The van der Waals surface area contributed by atoms with Crippen molar-refractivity contribution in [3.63, 3.8) is 0 Å². The van der Waals surface area contributed by atoms with E-state index in [9.17, 15) is 4.79 Å². The molecule has 1 amide bonds. The van der Waals surface area contributed by atoms with E-state index in [1.807, 2.05) is 56.9 Å². The zero-order valence-corrected chi connectivity index (χ0v) is 16.5. The van der Waals surface area contributed by atoms with Crippen LogP contribution in [0.15, 0.2) is 17.4 Å². The largest absolute Gasteiger partial charge is 0.357 e. The molecule has 0 aliphatic heterocycles. The van der Waals surface area contributed by atoms with Crippen molar-refractivity contribution >= 4 is 11.9 Å². The number of nitrogens with zero attached hydrogens (tertiary/aromatic N) is 5. The van der Waals surface area contributed by atoms with Gasteiger partial charge in [-0.1, -0.05) is 0 Å². The molecule has 1 aromatic heterocycles. The van der Waals surface area contributed by atoms with E-state index in [-0.39, 0.29) is 5.91 Å². The lowest BCUT2D eigenvalue weighted by Gasteiger charge is -2.25. The Morgan fingerprint density at radius 1 is 1.28 bits per heavy atom. The molecule has 0 spiro atoms. The number of nitrogens with one attached hydrogen (secondary N) is 1. The molecule has 142 valence electrons. The molecule has 0 saturated heterocycles. The minimum Gasteiger partial charge on any atom is -0.357 e. The summed E-state index contributed by atoms with van der Waals surface area (Å²) in [5.74, 6) is 1.97. The first kappa shape index (κ1) is 21.0. The number of likely N-dealkylation sites (N-methyl/N-ethyl adjacent to an activating group) is 2. The third kappa shape index (κ3) is 7.15. The second-order valence-corrected chi connectivity index (χ2v) is 6.03. The minimum absolute atomic E-state index is 0.133. The van der Waals surface area contributed by atoms with Crippen LogP contribution >= 0.6 is 0 Å². The van der Waals surface area contributed by atoms with Gasteiger partial charge in [-0.15, -0.1) is 0 Å². The molecular weight excluding hydrogens is 316 g/mol. The minimum atomic E-state index is 0.133. The topological polar surface area (TPSA) is 65.8 Å². The normalized spacial score (nSPS) is 11.5. The van der Waals surface area contributed by atoms with Crippen LogP contribution in [0.25, 0.3) is 0 Å². The third-order valence-electron chi connectivity index (χ3n) is 4.18. The summed E-state index contributed by atoms with van der Waals surface area (Å²) in [5.41, 5.74) is 0. The van der Waals surface area contributed by atoms with E-state index >= 15 is 0 Å². The molecule has 0 atom stereocenters. The van der Waals surface area contributed by atoms with Crippen LogP contribution in [0.2, 0.25) is 0 Å². The fraction of sp³-hybridized carbons (Fsp3) is 0.722. The summed E-state index contributed by atoms with van der Waals surface area (Å²) in [6.07, 6.45) is 5.90. The Morgan fingerprint density at radius 3 is 2.56 bits per heavy atom. The van der Waals surface area contributed by atoms with Crippen molar-refractivity contribution in [2.45, 2.75) is 47.1 Å². The van der Waals surface area contributed by atoms with Crippen molar-refractivity contribution in [3.05, 3.63) is 18.2 Å². The average Bonchev–Trinajstić information content (AvgIpc) is 2.99. The highest BCUT2D eigenvalue weighted by molar-refractivity contribution is 5.86. The quantitative estimate of drug-likeness (QED) is 0.396. The van der Waals surface area contributed by atoms with E-state index in [2.05, 4.69) is 19.9 Å². The number of rotatable bonds is 10. The Kier molecular flexibility index (Phi) is 9.65. The number of carbonyl (C=O) groups is 1. The highest BCUT2D eigenvalue weighted by Gasteiger charge is 2.14. The Balaban J connectivity index is 2.46. The number of aliphatic imine (C=N–C) groups is 1. The molecule has 1 N–H and O–H groups in total. The Hall–Kier alpha value is -2.05. The number of aromatic nitrogens is 2. The average molecular weight is 351 g/mol. The third-order valence-corrected chi connectivity index (χ3v) is 4.18. The summed E-state index contributed by atoms with van der Waals surface area (Å²) in [4.78, 5) is 24.9. The number of hydrogen-bond donors (Lipinski definition) is 1. The van der Waals surface area contributed by atoms with Crippen molar-refractivity contribution in [2.24, 2.45) is 4.99 Å². The van der Waals surface area contributed by atoms with Gasteiger partial charge in [0, 0.05) is 52.2 Å². The number of aryl methyl sites for hydroxylation is 2. The molecule has 0 aliphatic rings. The van der Waals surface area contributed by atoms with Crippen LogP contribution in [0.4, 0.5) is 0 Å². The fourth-order valence-electron chi connectivity index (χ4n) is 2.64. The zero-order chi connectivity index (χ0) is 18.7. The monoisotopic (exact) mass is 350 g/mol. The highest BCUT2D eigenvalue weighted by atomic mass is 16.2. The molecule has 0 bridgehead atoms. The van der Waals surface area contributed by atoms with E-state index in [0.29, 0.717) is 6.54 Å². The molecule has 0 aliphatic carbocycles. The van der Waals surface area contributed by atoms with E-state index in [4.69, 9.17) is 0 Å². The first-order chi connectivity index (χ1) is 12.0. The van der Waals surface area contributed by atoms with Crippen molar-refractivity contribution < 1.29 is 4.79 Å². The van der Waals surface area contributed by atoms with E-state index in [0.717, 1.165) is 57.3 Å². The molecule has 1 rings (SSSR count). The summed E-state index contributed by atoms with van der Waals surface area (Å²) >= 11 is 0. The Morgan fingerprint density at radius 2 is 2.00 bits per heavy atom. The lowest BCUT2D eigenvalue weighted by atomic mass is 10.3. The van der Waals surface area contributed by atoms with Crippen LogP contribution in [0.1, 0.15) is 39.4 Å². The molecule has 25 heavy (non-hydrogen) atoms. The van der Waals surface area contributed by atoms with Crippen LogP contribution in [-0.2, 0) is 11.3 Å². The van der Waals surface area contributed by atoms with Crippen molar-refractivity contribution in [1.29, 1.82) is 0 Å². The molecule has 0 fully saturated rings. The summed E-state index contributed by atoms with van der Waals surface area (Å²) in [6.45, 7) is 12.4. The Bertz CT molecular complexity index is 535. The molecule has 7 heteroatoms. The van der Waals surface area contributed by atoms with Gasteiger partial charge in [0.2, 0.25) is 5.91 Å². The summed E-state index contributed by atoms with van der Waals surface area (Å²) in [7, 11) is 1.91. The predicted octanol–water partition coefficient (Wildman–Crippen LogP) is 1.74. The molecule has 0 saturated carbocycles. The molecule has 0 aromatic carbocycles. The fourth-order valence-corrected chi connectivity index (χ4v) is 2.64. The summed E-state index contributed by atoms with van der Waals surface area (Å²) in [6, 6.07) is 0. The second-order valence-electron chi connectivity index (χ2n) is 6.03. The number of hydrogen-bond acceptors (Lipinski definition) is 3. The molecular formula is C18H34N6O. The van der Waals surface area contributed by atoms with Gasteiger partial charge in [0.15, 0.2) is 5.96 Å². The van der Waals surface area contributed by atoms with Gasteiger partial charge in [0.1, 0.15) is 5.82 Å². The van der Waals surface area contributed by atoms with Crippen LogP contribution in [-0.4, -0.2) is 71.0 Å². The molecule has 1 aromatic rings. The zero-order valence-electron chi connectivity index (χ0n) is 16.5. The van der Waals surface area contributed by atoms with E-state index in [1.165, 1.54) is 0 Å².